The lowest BCUT2D eigenvalue weighted by atomic mass is 9.89. The van der Waals surface area contributed by atoms with Crippen molar-refractivity contribution in [2.75, 3.05) is 26.3 Å². The van der Waals surface area contributed by atoms with Gasteiger partial charge in [-0.2, -0.15) is 13.2 Å². The lowest BCUT2D eigenvalue weighted by Crippen LogP contribution is -2.35. The third kappa shape index (κ3) is 4.86. The highest BCUT2D eigenvalue weighted by Gasteiger charge is 2.37. The number of hydrogen-bond acceptors (Lipinski definition) is 3. The van der Waals surface area contributed by atoms with E-state index in [1.54, 1.807) is 18.2 Å². The monoisotopic (exact) mass is 407 g/mol. The Morgan fingerprint density at radius 1 is 1.03 bits per heavy atom. The zero-order valence-electron chi connectivity index (χ0n) is 16.8. The lowest BCUT2D eigenvalue weighted by Gasteiger charge is -2.28. The maximum Gasteiger partial charge on any atom is 0.420 e. The van der Waals surface area contributed by atoms with E-state index in [4.69, 9.17) is 9.47 Å². The van der Waals surface area contributed by atoms with Crippen LogP contribution in [0.25, 0.3) is 10.8 Å². The number of nitrogens with zero attached hydrogens (tertiary/aromatic N) is 1. The number of benzene rings is 2. The Hall–Kier alpha value is -1.79. The van der Waals surface area contributed by atoms with Crippen molar-refractivity contribution in [1.82, 2.24) is 4.90 Å². The van der Waals surface area contributed by atoms with E-state index in [9.17, 15) is 13.2 Å². The molecule has 158 valence electrons. The normalized spacial score (nSPS) is 24.0. The molecule has 0 N–H and O–H groups in total. The van der Waals surface area contributed by atoms with Crippen molar-refractivity contribution in [3.63, 3.8) is 0 Å². The highest BCUT2D eigenvalue weighted by Crippen LogP contribution is 2.43. The van der Waals surface area contributed by atoms with E-state index < -0.39 is 11.7 Å². The highest BCUT2D eigenvalue weighted by atomic mass is 19.4. The summed E-state index contributed by atoms with van der Waals surface area (Å²) in [6.07, 6.45) is -0.969. The number of fused-ring (bicyclic) bond motifs is 1. The van der Waals surface area contributed by atoms with Gasteiger partial charge in [0.2, 0.25) is 0 Å². The van der Waals surface area contributed by atoms with Gasteiger partial charge in [-0.25, -0.2) is 0 Å². The van der Waals surface area contributed by atoms with Crippen LogP contribution in [-0.4, -0.2) is 37.3 Å². The highest BCUT2D eigenvalue weighted by molar-refractivity contribution is 5.89. The van der Waals surface area contributed by atoms with E-state index in [0.717, 1.165) is 44.3 Å². The summed E-state index contributed by atoms with van der Waals surface area (Å²) in [6.45, 7) is 5.74. The lowest BCUT2D eigenvalue weighted by molar-refractivity contribution is -0.138. The number of ether oxygens (including phenoxy) is 2. The molecule has 3 nitrogen and oxygen atoms in total. The van der Waals surface area contributed by atoms with Crippen molar-refractivity contribution >= 4 is 10.8 Å². The fourth-order valence-electron chi connectivity index (χ4n) is 4.38. The van der Waals surface area contributed by atoms with Crippen molar-refractivity contribution in [3.05, 3.63) is 41.5 Å². The predicted octanol–water partition coefficient (Wildman–Crippen LogP) is 5.65. The minimum absolute atomic E-state index is 0.0342. The van der Waals surface area contributed by atoms with Gasteiger partial charge in [-0.1, -0.05) is 25.1 Å². The van der Waals surface area contributed by atoms with Crippen LogP contribution in [0.5, 0.6) is 5.75 Å². The molecule has 4 rings (SSSR count). The van der Waals surface area contributed by atoms with Crippen LogP contribution >= 0.6 is 0 Å². The summed E-state index contributed by atoms with van der Waals surface area (Å²) in [5.74, 6) is 0.587. The molecular weight excluding hydrogens is 379 g/mol. The molecule has 1 heterocycles. The molecule has 0 spiro atoms. The number of alkyl halides is 3. The van der Waals surface area contributed by atoms with Gasteiger partial charge in [-0.05, 0) is 60.1 Å². The predicted molar refractivity (Wildman–Crippen MR) is 107 cm³/mol. The van der Waals surface area contributed by atoms with Gasteiger partial charge in [-0.3, -0.25) is 4.90 Å². The van der Waals surface area contributed by atoms with E-state index in [1.165, 1.54) is 6.07 Å². The Balaban J connectivity index is 1.66. The van der Waals surface area contributed by atoms with E-state index in [1.807, 2.05) is 6.07 Å². The van der Waals surface area contributed by atoms with Gasteiger partial charge in [0.05, 0.1) is 19.3 Å². The Bertz CT molecular complexity index is 838. The number of hydrogen-bond donors (Lipinski definition) is 0. The van der Waals surface area contributed by atoms with E-state index >= 15 is 0 Å². The second-order valence-corrected chi connectivity index (χ2v) is 8.38. The largest absolute Gasteiger partial charge is 0.490 e. The van der Waals surface area contributed by atoms with E-state index in [2.05, 4.69) is 11.8 Å². The Labute approximate surface area is 169 Å². The molecule has 0 amide bonds. The standard InChI is InChI=1S/C23H28F3NO2/c1-16-2-7-19(8-3-16)29-21-9-6-18-5-4-17(15-27-10-12-28-13-11-27)14-20(18)22(21)23(24,25)26/h4-6,9,14,16,19H,2-3,7-8,10-13,15H2,1H3/t16-,19+. The quantitative estimate of drug-likeness (QED) is 0.654. The Morgan fingerprint density at radius 3 is 2.41 bits per heavy atom. The second kappa shape index (κ2) is 8.52. The van der Waals surface area contributed by atoms with Crippen molar-refractivity contribution in [2.45, 2.75) is 51.4 Å². The molecule has 2 fully saturated rings. The van der Waals surface area contributed by atoms with Crippen molar-refractivity contribution < 1.29 is 22.6 Å². The van der Waals surface area contributed by atoms with Crippen LogP contribution in [0.2, 0.25) is 0 Å². The number of halogens is 3. The van der Waals surface area contributed by atoms with E-state index in [-0.39, 0.29) is 17.2 Å². The fraction of sp³-hybridized carbons (Fsp3) is 0.565. The van der Waals surface area contributed by atoms with Crippen LogP contribution in [-0.2, 0) is 17.5 Å². The van der Waals surface area contributed by atoms with Gasteiger partial charge in [0.1, 0.15) is 11.3 Å². The first-order valence-electron chi connectivity index (χ1n) is 10.5. The molecule has 1 saturated heterocycles. The van der Waals surface area contributed by atoms with Crippen LogP contribution in [0.15, 0.2) is 30.3 Å². The maximum absolute atomic E-state index is 14.1. The third-order valence-electron chi connectivity index (χ3n) is 6.10. The summed E-state index contributed by atoms with van der Waals surface area (Å²) in [4.78, 5) is 2.21. The Morgan fingerprint density at radius 2 is 1.72 bits per heavy atom. The summed E-state index contributed by atoms with van der Waals surface area (Å²) < 4.78 is 53.5. The SMILES string of the molecule is C[C@H]1CC[C@@H](Oc2ccc3ccc(CN4CCOCC4)cc3c2C(F)(F)F)CC1. The second-order valence-electron chi connectivity index (χ2n) is 8.38. The number of rotatable bonds is 4. The molecule has 6 heteroatoms. The van der Waals surface area contributed by atoms with Crippen LogP contribution in [0.4, 0.5) is 13.2 Å². The maximum atomic E-state index is 14.1. The molecule has 1 aliphatic carbocycles. The molecule has 0 aromatic heterocycles. The zero-order chi connectivity index (χ0) is 20.4. The Kier molecular flexibility index (Phi) is 6.02. The van der Waals surface area contributed by atoms with Gasteiger partial charge in [0, 0.05) is 19.6 Å². The molecule has 2 aliphatic rings. The van der Waals surface area contributed by atoms with Crippen LogP contribution in [0, 0.1) is 5.92 Å². The summed E-state index contributed by atoms with van der Waals surface area (Å²) in [5, 5.41) is 0.817. The topological polar surface area (TPSA) is 21.7 Å². The molecular formula is C23H28F3NO2. The van der Waals surface area contributed by atoms with Gasteiger partial charge in [-0.15, -0.1) is 0 Å². The van der Waals surface area contributed by atoms with Gasteiger partial charge < -0.3 is 9.47 Å². The summed E-state index contributed by atoms with van der Waals surface area (Å²) in [7, 11) is 0. The average Bonchev–Trinajstić information content (AvgIpc) is 2.69. The summed E-state index contributed by atoms with van der Waals surface area (Å²) in [5.41, 5.74) is 0.242. The summed E-state index contributed by atoms with van der Waals surface area (Å²) in [6, 6.07) is 8.62. The number of morpholine rings is 1. The third-order valence-corrected chi connectivity index (χ3v) is 6.10. The van der Waals surface area contributed by atoms with Crippen molar-refractivity contribution in [3.8, 4) is 5.75 Å². The van der Waals surface area contributed by atoms with E-state index in [0.29, 0.717) is 31.1 Å². The molecule has 29 heavy (non-hydrogen) atoms. The first-order chi connectivity index (χ1) is 13.9. The smallest absolute Gasteiger partial charge is 0.420 e. The first-order valence-corrected chi connectivity index (χ1v) is 10.5. The average molecular weight is 407 g/mol. The first kappa shape index (κ1) is 20.5. The minimum atomic E-state index is -4.46. The molecule has 2 aromatic rings. The fourth-order valence-corrected chi connectivity index (χ4v) is 4.38. The van der Waals surface area contributed by atoms with Gasteiger partial charge in [0.15, 0.2) is 0 Å². The minimum Gasteiger partial charge on any atom is -0.490 e. The molecule has 0 unspecified atom stereocenters. The zero-order valence-corrected chi connectivity index (χ0v) is 16.8. The summed E-state index contributed by atoms with van der Waals surface area (Å²) >= 11 is 0. The molecule has 1 saturated carbocycles. The van der Waals surface area contributed by atoms with Gasteiger partial charge in [0.25, 0.3) is 0 Å². The van der Waals surface area contributed by atoms with Crippen molar-refractivity contribution in [1.29, 1.82) is 0 Å². The van der Waals surface area contributed by atoms with Crippen molar-refractivity contribution in [2.24, 2.45) is 5.92 Å². The molecule has 0 bridgehead atoms. The van der Waals surface area contributed by atoms with Crippen LogP contribution in [0.1, 0.15) is 43.7 Å². The molecule has 1 aliphatic heterocycles. The molecule has 2 aromatic carbocycles. The van der Waals surface area contributed by atoms with Crippen LogP contribution < -0.4 is 4.74 Å². The molecule has 0 radical (unpaired) electrons. The molecule has 0 atom stereocenters. The van der Waals surface area contributed by atoms with Gasteiger partial charge >= 0.3 is 6.18 Å². The van der Waals surface area contributed by atoms with Crippen LogP contribution in [0.3, 0.4) is 0 Å².